The van der Waals surface area contributed by atoms with Crippen molar-refractivity contribution >= 4 is 11.8 Å². The number of methoxy groups -OCH3 is 1. The SMILES string of the molecule is COc1ccc(CN(C(=O)C2CCN(C(=O)C(C)(C)C)CC2)C2CC2)cc1. The maximum Gasteiger partial charge on any atom is 0.227 e. The number of hydrogen-bond donors (Lipinski definition) is 0. The molecule has 2 aliphatic rings. The maximum absolute atomic E-state index is 13.2. The van der Waals surface area contributed by atoms with Gasteiger partial charge < -0.3 is 14.5 Å². The van der Waals surface area contributed by atoms with Gasteiger partial charge in [0.25, 0.3) is 0 Å². The van der Waals surface area contributed by atoms with Crippen LogP contribution >= 0.6 is 0 Å². The molecule has 148 valence electrons. The van der Waals surface area contributed by atoms with Crippen molar-refractivity contribution in [1.29, 1.82) is 0 Å². The van der Waals surface area contributed by atoms with Crippen LogP contribution in [0.15, 0.2) is 24.3 Å². The molecule has 1 aliphatic heterocycles. The second kappa shape index (κ2) is 7.91. The van der Waals surface area contributed by atoms with Gasteiger partial charge in [0.15, 0.2) is 0 Å². The van der Waals surface area contributed by atoms with Gasteiger partial charge in [-0.15, -0.1) is 0 Å². The van der Waals surface area contributed by atoms with Gasteiger partial charge in [-0.25, -0.2) is 0 Å². The molecular weight excluding hydrogens is 340 g/mol. The average molecular weight is 373 g/mol. The molecule has 1 aromatic rings. The number of ether oxygens (including phenoxy) is 1. The molecule has 1 saturated heterocycles. The highest BCUT2D eigenvalue weighted by Crippen LogP contribution is 2.32. The fourth-order valence-corrected chi connectivity index (χ4v) is 3.74. The first kappa shape index (κ1) is 19.7. The molecule has 0 radical (unpaired) electrons. The van der Waals surface area contributed by atoms with Crippen molar-refractivity contribution < 1.29 is 14.3 Å². The molecule has 27 heavy (non-hydrogen) atoms. The molecule has 2 amide bonds. The Morgan fingerprint density at radius 2 is 1.67 bits per heavy atom. The van der Waals surface area contributed by atoms with E-state index in [1.807, 2.05) is 49.9 Å². The molecule has 3 rings (SSSR count). The predicted molar refractivity (Wildman–Crippen MR) is 105 cm³/mol. The van der Waals surface area contributed by atoms with Gasteiger partial charge in [-0.2, -0.15) is 0 Å². The zero-order chi connectivity index (χ0) is 19.6. The van der Waals surface area contributed by atoms with Gasteiger partial charge in [0.2, 0.25) is 11.8 Å². The Hall–Kier alpha value is -2.04. The van der Waals surface area contributed by atoms with Crippen molar-refractivity contribution in [2.24, 2.45) is 11.3 Å². The van der Waals surface area contributed by atoms with E-state index in [1.54, 1.807) is 7.11 Å². The molecule has 1 saturated carbocycles. The third-order valence-corrected chi connectivity index (χ3v) is 5.56. The minimum atomic E-state index is -0.356. The number of benzene rings is 1. The first-order chi connectivity index (χ1) is 12.8. The minimum Gasteiger partial charge on any atom is -0.497 e. The second-order valence-corrected chi connectivity index (χ2v) is 8.86. The van der Waals surface area contributed by atoms with E-state index in [1.165, 1.54) is 0 Å². The van der Waals surface area contributed by atoms with Gasteiger partial charge >= 0.3 is 0 Å². The van der Waals surface area contributed by atoms with Crippen LogP contribution in [0.3, 0.4) is 0 Å². The van der Waals surface area contributed by atoms with Crippen LogP contribution in [-0.4, -0.2) is 47.9 Å². The van der Waals surface area contributed by atoms with Crippen molar-refractivity contribution in [2.45, 2.75) is 59.0 Å². The monoisotopic (exact) mass is 372 g/mol. The molecule has 0 unspecified atom stereocenters. The number of carbonyl (C=O) groups excluding carboxylic acids is 2. The van der Waals surface area contributed by atoms with E-state index in [0.717, 1.165) is 37.0 Å². The summed E-state index contributed by atoms with van der Waals surface area (Å²) in [6, 6.07) is 8.34. The Labute approximate surface area is 162 Å². The van der Waals surface area contributed by atoms with E-state index in [0.29, 0.717) is 25.7 Å². The van der Waals surface area contributed by atoms with Gasteiger partial charge in [0.1, 0.15) is 5.75 Å². The summed E-state index contributed by atoms with van der Waals surface area (Å²) >= 11 is 0. The minimum absolute atomic E-state index is 0.0351. The normalized spacial score (nSPS) is 18.3. The van der Waals surface area contributed by atoms with Gasteiger partial charge in [-0.05, 0) is 43.4 Å². The Balaban J connectivity index is 1.60. The fraction of sp³-hybridized carbons (Fsp3) is 0.636. The number of likely N-dealkylation sites (tertiary alicyclic amines) is 1. The van der Waals surface area contributed by atoms with Crippen molar-refractivity contribution in [3.05, 3.63) is 29.8 Å². The molecule has 2 fully saturated rings. The van der Waals surface area contributed by atoms with Crippen LogP contribution in [0.1, 0.15) is 52.0 Å². The van der Waals surface area contributed by atoms with Gasteiger partial charge in [0, 0.05) is 37.0 Å². The summed E-state index contributed by atoms with van der Waals surface area (Å²) in [7, 11) is 1.66. The Morgan fingerprint density at radius 3 is 2.15 bits per heavy atom. The predicted octanol–water partition coefficient (Wildman–Crippen LogP) is 3.47. The highest BCUT2D eigenvalue weighted by molar-refractivity contribution is 5.83. The largest absolute Gasteiger partial charge is 0.497 e. The Morgan fingerprint density at radius 1 is 1.07 bits per heavy atom. The molecule has 0 bridgehead atoms. The van der Waals surface area contributed by atoms with Crippen LogP contribution in [0.2, 0.25) is 0 Å². The lowest BCUT2D eigenvalue weighted by Crippen LogP contribution is -2.47. The van der Waals surface area contributed by atoms with Crippen LogP contribution in [-0.2, 0) is 16.1 Å². The number of rotatable bonds is 5. The van der Waals surface area contributed by atoms with Crippen LogP contribution in [0, 0.1) is 11.3 Å². The molecule has 5 nitrogen and oxygen atoms in total. The van der Waals surface area contributed by atoms with Crippen molar-refractivity contribution in [3.63, 3.8) is 0 Å². The molecule has 1 heterocycles. The van der Waals surface area contributed by atoms with E-state index in [9.17, 15) is 9.59 Å². The topological polar surface area (TPSA) is 49.9 Å². The number of piperidine rings is 1. The van der Waals surface area contributed by atoms with E-state index in [-0.39, 0.29) is 23.1 Å². The highest BCUT2D eigenvalue weighted by Gasteiger charge is 2.38. The molecule has 0 spiro atoms. The zero-order valence-corrected chi connectivity index (χ0v) is 17.0. The maximum atomic E-state index is 13.2. The number of carbonyl (C=O) groups is 2. The third-order valence-electron chi connectivity index (χ3n) is 5.56. The smallest absolute Gasteiger partial charge is 0.227 e. The summed E-state index contributed by atoms with van der Waals surface area (Å²) in [5, 5.41) is 0. The lowest BCUT2D eigenvalue weighted by atomic mass is 9.90. The van der Waals surface area contributed by atoms with Gasteiger partial charge in [0.05, 0.1) is 7.11 Å². The van der Waals surface area contributed by atoms with E-state index < -0.39 is 0 Å². The molecular formula is C22H32N2O3. The fourth-order valence-electron chi connectivity index (χ4n) is 3.74. The quantitative estimate of drug-likeness (QED) is 0.795. The first-order valence-corrected chi connectivity index (χ1v) is 10.0. The highest BCUT2D eigenvalue weighted by atomic mass is 16.5. The summed E-state index contributed by atoms with van der Waals surface area (Å²) in [6.45, 7) is 7.90. The van der Waals surface area contributed by atoms with Crippen LogP contribution < -0.4 is 4.74 Å². The standard InChI is InChI=1S/C22H32N2O3/c1-22(2,3)21(26)23-13-11-17(12-14-23)20(25)24(18-7-8-18)15-16-5-9-19(27-4)10-6-16/h5-6,9-10,17-18H,7-8,11-15H2,1-4H3. The zero-order valence-electron chi connectivity index (χ0n) is 17.0. The van der Waals surface area contributed by atoms with Crippen molar-refractivity contribution in [3.8, 4) is 5.75 Å². The average Bonchev–Trinajstić information content (AvgIpc) is 3.50. The molecule has 0 atom stereocenters. The van der Waals surface area contributed by atoms with Gasteiger partial charge in [-0.1, -0.05) is 32.9 Å². The van der Waals surface area contributed by atoms with Gasteiger partial charge in [-0.3, -0.25) is 9.59 Å². The molecule has 0 aromatic heterocycles. The first-order valence-electron chi connectivity index (χ1n) is 10.0. The van der Waals surface area contributed by atoms with Crippen molar-refractivity contribution in [2.75, 3.05) is 20.2 Å². The second-order valence-electron chi connectivity index (χ2n) is 8.86. The summed E-state index contributed by atoms with van der Waals surface area (Å²) < 4.78 is 5.22. The summed E-state index contributed by atoms with van der Waals surface area (Å²) in [4.78, 5) is 29.6. The number of nitrogens with zero attached hydrogens (tertiary/aromatic N) is 2. The Kier molecular flexibility index (Phi) is 5.78. The number of amides is 2. The number of hydrogen-bond acceptors (Lipinski definition) is 3. The van der Waals surface area contributed by atoms with E-state index >= 15 is 0 Å². The molecule has 1 aromatic carbocycles. The summed E-state index contributed by atoms with van der Waals surface area (Å²) in [5.41, 5.74) is 0.780. The van der Waals surface area contributed by atoms with Crippen molar-refractivity contribution in [1.82, 2.24) is 9.80 Å². The Bertz CT molecular complexity index is 666. The summed E-state index contributed by atoms with van der Waals surface area (Å²) in [5.74, 6) is 1.31. The lowest BCUT2D eigenvalue weighted by molar-refractivity contribution is -0.145. The third kappa shape index (κ3) is 4.82. The molecule has 1 aliphatic carbocycles. The van der Waals surface area contributed by atoms with E-state index in [4.69, 9.17) is 4.74 Å². The van der Waals surface area contributed by atoms with Crippen LogP contribution in [0.4, 0.5) is 0 Å². The molecule has 5 heteroatoms. The van der Waals surface area contributed by atoms with E-state index in [2.05, 4.69) is 4.90 Å². The summed E-state index contributed by atoms with van der Waals surface area (Å²) in [6.07, 6.45) is 3.74. The lowest BCUT2D eigenvalue weighted by Gasteiger charge is -2.37. The van der Waals surface area contributed by atoms with Crippen LogP contribution in [0.25, 0.3) is 0 Å². The molecule has 0 N–H and O–H groups in total. The van der Waals surface area contributed by atoms with Crippen LogP contribution in [0.5, 0.6) is 5.75 Å².